The molecule has 0 radical (unpaired) electrons. The number of carbonyl (C=O) groups is 1. The molecular weight excluding hydrogens is 424 g/mol. The van der Waals surface area contributed by atoms with Gasteiger partial charge in [-0.1, -0.05) is 19.9 Å². The number of likely N-dealkylation sites (N-methyl/N-ethyl adjacent to an activating group) is 1. The van der Waals surface area contributed by atoms with E-state index < -0.39 is 0 Å². The Hall–Kier alpha value is -3.28. The van der Waals surface area contributed by atoms with Gasteiger partial charge < -0.3 is 19.7 Å². The average molecular weight is 451 g/mol. The van der Waals surface area contributed by atoms with E-state index in [1.807, 2.05) is 24.3 Å². The largest absolute Gasteiger partial charge is 0.493 e. The molecule has 0 aliphatic carbocycles. The highest BCUT2D eigenvalue weighted by Crippen LogP contribution is 2.34. The van der Waals surface area contributed by atoms with Gasteiger partial charge in [0, 0.05) is 6.54 Å². The van der Waals surface area contributed by atoms with Gasteiger partial charge in [0.15, 0.2) is 11.5 Å². The number of nitriles is 1. The van der Waals surface area contributed by atoms with Crippen molar-refractivity contribution in [2.45, 2.75) is 13.8 Å². The maximum atomic E-state index is 11.9. The molecule has 32 heavy (non-hydrogen) atoms. The number of amides is 1. The van der Waals surface area contributed by atoms with Crippen molar-refractivity contribution in [3.8, 4) is 23.3 Å². The lowest BCUT2D eigenvalue weighted by Crippen LogP contribution is -2.27. The number of ether oxygens (including phenoxy) is 2. The molecule has 2 aromatic carbocycles. The summed E-state index contributed by atoms with van der Waals surface area (Å²) in [6, 6.07) is 14.5. The molecule has 1 saturated heterocycles. The molecule has 7 nitrogen and oxygen atoms in total. The van der Waals surface area contributed by atoms with E-state index >= 15 is 0 Å². The van der Waals surface area contributed by atoms with Crippen molar-refractivity contribution in [1.82, 2.24) is 10.2 Å². The van der Waals surface area contributed by atoms with E-state index in [-0.39, 0.29) is 5.24 Å². The molecule has 0 spiro atoms. The molecule has 1 heterocycles. The van der Waals surface area contributed by atoms with Crippen molar-refractivity contribution in [2.75, 3.05) is 33.3 Å². The van der Waals surface area contributed by atoms with E-state index in [0.29, 0.717) is 35.2 Å². The summed E-state index contributed by atoms with van der Waals surface area (Å²) in [5, 5.41) is 11.6. The number of benzene rings is 2. The summed E-state index contributed by atoms with van der Waals surface area (Å²) in [6.07, 6.45) is 1.91. The minimum atomic E-state index is -0.134. The van der Waals surface area contributed by atoms with Crippen LogP contribution in [-0.2, 0) is 0 Å². The van der Waals surface area contributed by atoms with Crippen LogP contribution in [0.3, 0.4) is 0 Å². The highest BCUT2D eigenvalue weighted by Gasteiger charge is 2.23. The Morgan fingerprint density at radius 3 is 2.56 bits per heavy atom. The SMILES string of the molecule is CCN(CC)CCN=C1NC(=O)S/C1=C\c1ccc(Oc2ccc(C#N)cc2)c(OC)c1. The fourth-order valence-corrected chi connectivity index (χ4v) is 3.88. The van der Waals surface area contributed by atoms with Crippen LogP contribution < -0.4 is 14.8 Å². The van der Waals surface area contributed by atoms with Gasteiger partial charge in [0.2, 0.25) is 0 Å². The van der Waals surface area contributed by atoms with Crippen LogP contribution in [0, 0.1) is 11.3 Å². The average Bonchev–Trinajstić information content (AvgIpc) is 3.16. The second-order valence-corrected chi connectivity index (χ2v) is 7.94. The number of aliphatic imine (C=N–C) groups is 1. The van der Waals surface area contributed by atoms with E-state index in [1.54, 1.807) is 31.4 Å². The number of hydrogen-bond acceptors (Lipinski definition) is 7. The molecule has 0 aromatic heterocycles. The van der Waals surface area contributed by atoms with Crippen LogP contribution in [0.5, 0.6) is 17.2 Å². The Kier molecular flexibility index (Phi) is 8.31. The summed E-state index contributed by atoms with van der Waals surface area (Å²) >= 11 is 1.13. The van der Waals surface area contributed by atoms with Gasteiger partial charge in [0.1, 0.15) is 11.6 Å². The first-order valence-corrected chi connectivity index (χ1v) is 11.2. The van der Waals surface area contributed by atoms with Crippen LogP contribution >= 0.6 is 11.8 Å². The van der Waals surface area contributed by atoms with Crippen molar-refractivity contribution in [3.63, 3.8) is 0 Å². The number of nitrogens with zero attached hydrogens (tertiary/aromatic N) is 3. The quantitative estimate of drug-likeness (QED) is 0.585. The summed E-state index contributed by atoms with van der Waals surface area (Å²) in [7, 11) is 1.58. The van der Waals surface area contributed by atoms with Crippen molar-refractivity contribution in [3.05, 3.63) is 58.5 Å². The molecule has 1 aliphatic rings. The monoisotopic (exact) mass is 450 g/mol. The molecule has 1 N–H and O–H groups in total. The summed E-state index contributed by atoms with van der Waals surface area (Å²) in [4.78, 5) is 19.6. The molecule has 166 valence electrons. The third kappa shape index (κ3) is 6.13. The fourth-order valence-electron chi connectivity index (χ4n) is 3.12. The minimum absolute atomic E-state index is 0.134. The Labute approximate surface area is 192 Å². The predicted molar refractivity (Wildman–Crippen MR) is 128 cm³/mol. The van der Waals surface area contributed by atoms with Crippen molar-refractivity contribution < 1.29 is 14.3 Å². The maximum absolute atomic E-state index is 11.9. The van der Waals surface area contributed by atoms with Crippen LogP contribution in [0.4, 0.5) is 4.79 Å². The Morgan fingerprint density at radius 2 is 1.91 bits per heavy atom. The first-order valence-electron chi connectivity index (χ1n) is 10.4. The van der Waals surface area contributed by atoms with E-state index in [0.717, 1.165) is 41.9 Å². The third-order valence-electron chi connectivity index (χ3n) is 4.93. The number of thioether (sulfide) groups is 1. The van der Waals surface area contributed by atoms with Gasteiger partial charge in [-0.05, 0) is 72.9 Å². The van der Waals surface area contributed by atoms with Gasteiger partial charge in [0.25, 0.3) is 5.24 Å². The molecule has 1 amide bonds. The Morgan fingerprint density at radius 1 is 1.16 bits per heavy atom. The van der Waals surface area contributed by atoms with Gasteiger partial charge in [-0.25, -0.2) is 0 Å². The molecular formula is C24H26N4O3S. The fraction of sp³-hybridized carbons (Fsp3) is 0.292. The molecule has 0 saturated carbocycles. The summed E-state index contributed by atoms with van der Waals surface area (Å²) < 4.78 is 11.4. The second kappa shape index (κ2) is 11.4. The van der Waals surface area contributed by atoms with Crippen LogP contribution in [0.15, 0.2) is 52.4 Å². The number of nitrogens with one attached hydrogen (secondary N) is 1. The summed E-state index contributed by atoms with van der Waals surface area (Å²) in [5.74, 6) is 2.33. The molecule has 1 fully saturated rings. The van der Waals surface area contributed by atoms with Gasteiger partial charge in [-0.2, -0.15) is 5.26 Å². The number of hydrogen-bond donors (Lipinski definition) is 1. The van der Waals surface area contributed by atoms with Gasteiger partial charge in [0.05, 0.1) is 30.2 Å². The highest BCUT2D eigenvalue weighted by atomic mass is 32.2. The van der Waals surface area contributed by atoms with Crippen molar-refractivity contribution >= 4 is 28.9 Å². The third-order valence-corrected chi connectivity index (χ3v) is 5.75. The predicted octanol–water partition coefficient (Wildman–Crippen LogP) is 4.90. The van der Waals surface area contributed by atoms with Gasteiger partial charge in [-0.15, -0.1) is 0 Å². The Balaban J connectivity index is 1.77. The number of amidine groups is 1. The molecule has 0 unspecified atom stereocenters. The second-order valence-electron chi connectivity index (χ2n) is 6.93. The van der Waals surface area contributed by atoms with E-state index in [1.165, 1.54) is 0 Å². The van der Waals surface area contributed by atoms with E-state index in [9.17, 15) is 4.79 Å². The molecule has 1 aliphatic heterocycles. The topological polar surface area (TPSA) is 87.0 Å². The molecule has 0 atom stereocenters. The van der Waals surface area contributed by atoms with Gasteiger partial charge >= 0.3 is 0 Å². The highest BCUT2D eigenvalue weighted by molar-refractivity contribution is 8.18. The standard InChI is InChI=1S/C24H26N4O3S/c1-4-28(5-2)13-12-26-23-22(32-24(29)27-23)15-18-8-11-20(21(14-18)30-3)31-19-9-6-17(16-25)7-10-19/h6-11,14-15H,4-5,12-13H2,1-3H3,(H,26,27,29)/b22-15-. The lowest BCUT2D eigenvalue weighted by molar-refractivity contribution is 0.265. The zero-order valence-electron chi connectivity index (χ0n) is 18.4. The first-order chi connectivity index (χ1) is 15.6. The smallest absolute Gasteiger partial charge is 0.289 e. The van der Waals surface area contributed by atoms with Gasteiger partial charge in [-0.3, -0.25) is 9.79 Å². The zero-order chi connectivity index (χ0) is 22.9. The molecule has 0 bridgehead atoms. The van der Waals surface area contributed by atoms with Crippen LogP contribution in [0.1, 0.15) is 25.0 Å². The number of carbonyl (C=O) groups excluding carboxylic acids is 1. The first kappa shape index (κ1) is 23.4. The van der Waals surface area contributed by atoms with E-state index in [4.69, 9.17) is 14.7 Å². The molecule has 2 aromatic rings. The molecule has 8 heteroatoms. The van der Waals surface area contributed by atoms with Crippen molar-refractivity contribution in [1.29, 1.82) is 5.26 Å². The lowest BCUT2D eigenvalue weighted by Gasteiger charge is -2.16. The van der Waals surface area contributed by atoms with Crippen molar-refractivity contribution in [2.24, 2.45) is 4.99 Å². The number of methoxy groups -OCH3 is 1. The normalized spacial score (nSPS) is 15.8. The zero-order valence-corrected chi connectivity index (χ0v) is 19.2. The van der Waals surface area contributed by atoms with Crippen LogP contribution in [0.25, 0.3) is 6.08 Å². The number of rotatable bonds is 9. The van der Waals surface area contributed by atoms with Crippen LogP contribution in [0.2, 0.25) is 0 Å². The van der Waals surface area contributed by atoms with Crippen LogP contribution in [-0.4, -0.2) is 49.3 Å². The maximum Gasteiger partial charge on any atom is 0.289 e. The van der Waals surface area contributed by atoms with E-state index in [2.05, 4.69) is 35.1 Å². The summed E-state index contributed by atoms with van der Waals surface area (Å²) in [6.45, 7) is 7.66. The Bertz CT molecular complexity index is 1050. The molecule has 3 rings (SSSR count). The summed E-state index contributed by atoms with van der Waals surface area (Å²) in [5.41, 5.74) is 1.43. The minimum Gasteiger partial charge on any atom is -0.493 e. The lowest BCUT2D eigenvalue weighted by atomic mass is 10.1.